The number of nitrogens with one attached hydrogen (secondary N) is 1. The Kier molecular flexibility index (Phi) is 5.29. The Morgan fingerprint density at radius 2 is 2.16 bits per heavy atom. The van der Waals surface area contributed by atoms with Gasteiger partial charge >= 0.3 is 5.97 Å². The van der Waals surface area contributed by atoms with Crippen LogP contribution in [0.1, 0.15) is 24.8 Å². The third-order valence-electron chi connectivity index (χ3n) is 2.65. The number of carbonyl (C=O) groups excluding carboxylic acids is 1. The SMILES string of the molecule is COc1ccc(F)cc1C(CNC(C)=O)CC(=O)O. The number of carbonyl (C=O) groups is 2. The molecule has 5 nitrogen and oxygen atoms in total. The van der Waals surface area contributed by atoms with E-state index in [1.807, 2.05) is 0 Å². The molecule has 0 aliphatic rings. The standard InChI is InChI=1S/C13H16FNO4/c1-8(16)15-7-9(5-13(17)18)11-6-10(14)3-4-12(11)19-2/h3-4,6,9H,5,7H2,1-2H3,(H,15,16)(H,17,18). The van der Waals surface area contributed by atoms with E-state index in [2.05, 4.69) is 5.32 Å². The van der Waals surface area contributed by atoms with Crippen LogP contribution in [0.25, 0.3) is 0 Å². The van der Waals surface area contributed by atoms with Crippen molar-refractivity contribution in [3.8, 4) is 5.75 Å². The van der Waals surface area contributed by atoms with E-state index < -0.39 is 17.7 Å². The fourth-order valence-corrected chi connectivity index (χ4v) is 1.79. The molecular formula is C13H16FNO4. The van der Waals surface area contributed by atoms with Gasteiger partial charge in [0.25, 0.3) is 0 Å². The number of carboxylic acids is 1. The minimum atomic E-state index is -1.03. The number of ether oxygens (including phenoxy) is 1. The minimum Gasteiger partial charge on any atom is -0.496 e. The first kappa shape index (κ1) is 14.9. The van der Waals surface area contributed by atoms with Gasteiger partial charge in [0.1, 0.15) is 11.6 Å². The van der Waals surface area contributed by atoms with E-state index in [1.165, 1.54) is 32.2 Å². The monoisotopic (exact) mass is 269 g/mol. The van der Waals surface area contributed by atoms with Crippen molar-refractivity contribution in [3.05, 3.63) is 29.6 Å². The Labute approximate surface area is 110 Å². The fraction of sp³-hybridized carbons (Fsp3) is 0.385. The lowest BCUT2D eigenvalue weighted by atomic mass is 9.94. The molecule has 0 heterocycles. The molecule has 19 heavy (non-hydrogen) atoms. The van der Waals surface area contributed by atoms with E-state index in [4.69, 9.17) is 9.84 Å². The Bertz CT molecular complexity index is 476. The highest BCUT2D eigenvalue weighted by Crippen LogP contribution is 2.29. The van der Waals surface area contributed by atoms with E-state index in [9.17, 15) is 14.0 Å². The van der Waals surface area contributed by atoms with Gasteiger partial charge in [-0.25, -0.2) is 4.39 Å². The van der Waals surface area contributed by atoms with E-state index >= 15 is 0 Å². The largest absolute Gasteiger partial charge is 0.496 e. The molecule has 0 spiro atoms. The number of rotatable bonds is 6. The molecule has 0 radical (unpaired) electrons. The van der Waals surface area contributed by atoms with Gasteiger partial charge in [-0.3, -0.25) is 9.59 Å². The molecule has 1 aromatic carbocycles. The van der Waals surface area contributed by atoms with Gasteiger partial charge in [-0.2, -0.15) is 0 Å². The number of hydrogen-bond donors (Lipinski definition) is 2. The molecule has 6 heteroatoms. The van der Waals surface area contributed by atoms with Gasteiger partial charge in [-0.1, -0.05) is 0 Å². The summed E-state index contributed by atoms with van der Waals surface area (Å²) in [5.74, 6) is -1.92. The summed E-state index contributed by atoms with van der Waals surface area (Å²) in [5, 5.41) is 11.4. The van der Waals surface area contributed by atoms with Gasteiger partial charge in [0.2, 0.25) is 5.91 Å². The zero-order valence-corrected chi connectivity index (χ0v) is 10.8. The van der Waals surface area contributed by atoms with Crippen molar-refractivity contribution < 1.29 is 23.8 Å². The van der Waals surface area contributed by atoms with Gasteiger partial charge in [-0.15, -0.1) is 0 Å². The molecule has 104 valence electrons. The van der Waals surface area contributed by atoms with Crippen LogP contribution in [0.5, 0.6) is 5.75 Å². The number of aliphatic carboxylic acids is 1. The summed E-state index contributed by atoms with van der Waals surface area (Å²) in [7, 11) is 1.42. The Morgan fingerprint density at radius 1 is 1.47 bits per heavy atom. The van der Waals surface area contributed by atoms with E-state index in [1.54, 1.807) is 0 Å². The third-order valence-corrected chi connectivity index (χ3v) is 2.65. The lowest BCUT2D eigenvalue weighted by Gasteiger charge is -2.18. The Hall–Kier alpha value is -2.11. The number of amides is 1. The Morgan fingerprint density at radius 3 is 2.68 bits per heavy atom. The summed E-state index contributed by atoms with van der Waals surface area (Å²) in [4.78, 5) is 21.8. The van der Waals surface area contributed by atoms with Gasteiger partial charge in [-0.05, 0) is 18.2 Å². The van der Waals surface area contributed by atoms with Crippen molar-refractivity contribution in [2.45, 2.75) is 19.3 Å². The van der Waals surface area contributed by atoms with E-state index in [-0.39, 0.29) is 18.9 Å². The van der Waals surface area contributed by atoms with Crippen LogP contribution in [0.2, 0.25) is 0 Å². The van der Waals surface area contributed by atoms with Gasteiger partial charge in [0.05, 0.1) is 13.5 Å². The number of benzene rings is 1. The molecule has 0 bridgehead atoms. The minimum absolute atomic E-state index is 0.113. The molecule has 1 atom stereocenters. The summed E-state index contributed by atoms with van der Waals surface area (Å²) >= 11 is 0. The maximum atomic E-state index is 13.3. The third kappa shape index (κ3) is 4.57. The van der Waals surface area contributed by atoms with Crippen molar-refractivity contribution in [1.29, 1.82) is 0 Å². The predicted octanol–water partition coefficient (Wildman–Crippen LogP) is 1.53. The summed E-state index contributed by atoms with van der Waals surface area (Å²) in [6, 6.07) is 3.90. The zero-order chi connectivity index (χ0) is 14.4. The summed E-state index contributed by atoms with van der Waals surface area (Å²) < 4.78 is 18.4. The van der Waals surface area contributed by atoms with E-state index in [0.717, 1.165) is 0 Å². The van der Waals surface area contributed by atoms with Crippen molar-refractivity contribution in [3.63, 3.8) is 0 Å². The van der Waals surface area contributed by atoms with Gasteiger partial charge < -0.3 is 15.2 Å². The molecular weight excluding hydrogens is 253 g/mol. The van der Waals surface area contributed by atoms with Crippen LogP contribution in [0, 0.1) is 5.82 Å². The zero-order valence-electron chi connectivity index (χ0n) is 10.8. The topological polar surface area (TPSA) is 75.6 Å². The highest BCUT2D eigenvalue weighted by Gasteiger charge is 2.20. The second-order valence-electron chi connectivity index (χ2n) is 4.12. The lowest BCUT2D eigenvalue weighted by Crippen LogP contribution is -2.27. The highest BCUT2D eigenvalue weighted by atomic mass is 19.1. The van der Waals surface area contributed by atoms with Gasteiger partial charge in [0.15, 0.2) is 0 Å². The molecule has 0 saturated carbocycles. The first-order valence-corrected chi connectivity index (χ1v) is 5.73. The average Bonchev–Trinajstić information content (AvgIpc) is 2.33. The maximum Gasteiger partial charge on any atom is 0.304 e. The van der Waals surface area contributed by atoms with Crippen LogP contribution in [-0.4, -0.2) is 30.6 Å². The second-order valence-corrected chi connectivity index (χ2v) is 4.12. The first-order chi connectivity index (χ1) is 8.93. The number of carboxylic acid groups (broad SMARTS) is 1. The number of halogens is 1. The quantitative estimate of drug-likeness (QED) is 0.821. The summed E-state index contributed by atoms with van der Waals surface area (Å²) in [6.07, 6.45) is -0.222. The lowest BCUT2D eigenvalue weighted by molar-refractivity contribution is -0.137. The smallest absolute Gasteiger partial charge is 0.304 e. The van der Waals surface area contributed by atoms with E-state index in [0.29, 0.717) is 11.3 Å². The normalized spacial score (nSPS) is 11.7. The van der Waals surface area contributed by atoms with Crippen LogP contribution in [0.4, 0.5) is 4.39 Å². The average molecular weight is 269 g/mol. The number of methoxy groups -OCH3 is 1. The van der Waals surface area contributed by atoms with Crippen molar-refractivity contribution >= 4 is 11.9 Å². The molecule has 0 saturated heterocycles. The maximum absolute atomic E-state index is 13.3. The van der Waals surface area contributed by atoms with Gasteiger partial charge in [0, 0.05) is 24.9 Å². The summed E-state index contributed by atoms with van der Waals surface area (Å²) in [6.45, 7) is 1.45. The second kappa shape index (κ2) is 6.72. The molecule has 1 aromatic rings. The van der Waals surface area contributed by atoms with Crippen molar-refractivity contribution in [2.75, 3.05) is 13.7 Å². The van der Waals surface area contributed by atoms with Crippen LogP contribution in [-0.2, 0) is 9.59 Å². The molecule has 1 unspecified atom stereocenters. The van der Waals surface area contributed by atoms with Crippen molar-refractivity contribution in [2.24, 2.45) is 0 Å². The highest BCUT2D eigenvalue weighted by molar-refractivity contribution is 5.73. The van der Waals surface area contributed by atoms with Crippen LogP contribution < -0.4 is 10.1 Å². The van der Waals surface area contributed by atoms with Crippen molar-refractivity contribution in [1.82, 2.24) is 5.32 Å². The number of hydrogen-bond acceptors (Lipinski definition) is 3. The summed E-state index contributed by atoms with van der Waals surface area (Å²) in [5.41, 5.74) is 0.429. The molecule has 1 rings (SSSR count). The fourth-order valence-electron chi connectivity index (χ4n) is 1.79. The molecule has 0 fully saturated rings. The van der Waals surface area contributed by atoms with Crippen LogP contribution in [0.15, 0.2) is 18.2 Å². The predicted molar refractivity (Wildman–Crippen MR) is 66.6 cm³/mol. The molecule has 2 N–H and O–H groups in total. The molecule has 0 aliphatic carbocycles. The first-order valence-electron chi connectivity index (χ1n) is 5.73. The molecule has 0 aliphatic heterocycles. The van der Waals surface area contributed by atoms with Crippen LogP contribution >= 0.6 is 0 Å². The molecule has 1 amide bonds. The molecule has 0 aromatic heterocycles. The van der Waals surface area contributed by atoms with Crippen LogP contribution in [0.3, 0.4) is 0 Å². The Balaban J connectivity index is 3.04.